The lowest BCUT2D eigenvalue weighted by molar-refractivity contribution is -0.145. The third-order valence-electron chi connectivity index (χ3n) is 5.50. The Morgan fingerprint density at radius 2 is 2.10 bits per heavy atom. The van der Waals surface area contributed by atoms with Crippen molar-refractivity contribution >= 4 is 17.7 Å². The van der Waals surface area contributed by atoms with Gasteiger partial charge in [-0.25, -0.2) is 0 Å². The smallest absolute Gasteiger partial charge is 0.308 e. The molecule has 1 aliphatic heterocycles. The van der Waals surface area contributed by atoms with Crippen LogP contribution in [0.3, 0.4) is 0 Å². The zero-order valence-electron chi connectivity index (χ0n) is 12.7. The maximum Gasteiger partial charge on any atom is 0.308 e. The van der Waals surface area contributed by atoms with E-state index in [0.29, 0.717) is 0 Å². The van der Waals surface area contributed by atoms with Crippen LogP contribution in [-0.4, -0.2) is 18.8 Å². The fourth-order valence-corrected chi connectivity index (χ4v) is 5.64. The van der Waals surface area contributed by atoms with E-state index >= 15 is 0 Å². The second-order valence-electron chi connectivity index (χ2n) is 6.81. The van der Waals surface area contributed by atoms with E-state index in [4.69, 9.17) is 4.74 Å². The molecule has 3 atom stereocenters. The largest absolute Gasteiger partial charge is 0.469 e. The molecule has 0 N–H and O–H groups in total. The third kappa shape index (κ3) is 1.82. The summed E-state index contributed by atoms with van der Waals surface area (Å²) < 4.78 is 4.99. The number of esters is 1. The second-order valence-corrected chi connectivity index (χ2v) is 7.83. The first-order valence-electron chi connectivity index (χ1n) is 7.21. The topological polar surface area (TPSA) is 26.3 Å². The first-order valence-corrected chi connectivity index (χ1v) is 8.20. The van der Waals surface area contributed by atoms with Crippen LogP contribution in [0, 0.1) is 18.3 Å². The predicted octanol–water partition coefficient (Wildman–Crippen LogP) is 3.95. The zero-order valence-corrected chi connectivity index (χ0v) is 13.5. The van der Waals surface area contributed by atoms with Gasteiger partial charge in [0.25, 0.3) is 0 Å². The Hall–Kier alpha value is -0.960. The summed E-state index contributed by atoms with van der Waals surface area (Å²) in [5.41, 5.74) is 3.00. The SMILES string of the molecule is COC(=O)C1C[C@]2(C)CSc3cc(C)ccc3[C@]2(C)C1. The van der Waals surface area contributed by atoms with Crippen LogP contribution in [0.5, 0.6) is 0 Å². The van der Waals surface area contributed by atoms with E-state index in [9.17, 15) is 4.79 Å². The van der Waals surface area contributed by atoms with Gasteiger partial charge >= 0.3 is 5.97 Å². The van der Waals surface area contributed by atoms with Gasteiger partial charge < -0.3 is 4.74 Å². The number of hydrogen-bond donors (Lipinski definition) is 0. The molecule has 1 aromatic carbocycles. The fraction of sp³-hybridized carbons (Fsp3) is 0.588. The van der Waals surface area contributed by atoms with Gasteiger partial charge in [-0.3, -0.25) is 4.79 Å². The number of aryl methyl sites for hydroxylation is 1. The molecule has 1 heterocycles. The van der Waals surface area contributed by atoms with Gasteiger partial charge in [0.15, 0.2) is 0 Å². The molecule has 0 radical (unpaired) electrons. The van der Waals surface area contributed by atoms with Gasteiger partial charge in [-0.05, 0) is 42.4 Å². The summed E-state index contributed by atoms with van der Waals surface area (Å²) in [7, 11) is 1.50. The van der Waals surface area contributed by atoms with Crippen LogP contribution in [0.1, 0.15) is 37.8 Å². The molecule has 1 fully saturated rings. The van der Waals surface area contributed by atoms with Gasteiger partial charge in [-0.2, -0.15) is 0 Å². The highest BCUT2D eigenvalue weighted by Crippen LogP contribution is 2.62. The molecule has 0 amide bonds. The number of methoxy groups -OCH3 is 1. The number of ether oxygens (including phenoxy) is 1. The molecule has 3 rings (SSSR count). The highest BCUT2D eigenvalue weighted by Gasteiger charge is 2.57. The number of carbonyl (C=O) groups is 1. The molecule has 1 saturated carbocycles. The van der Waals surface area contributed by atoms with E-state index in [-0.39, 0.29) is 22.7 Å². The Balaban J connectivity index is 2.06. The average molecular weight is 290 g/mol. The Morgan fingerprint density at radius 3 is 2.80 bits per heavy atom. The van der Waals surface area contributed by atoms with Crippen molar-refractivity contribution in [3.63, 3.8) is 0 Å². The Kier molecular flexibility index (Phi) is 3.16. The van der Waals surface area contributed by atoms with Crippen molar-refractivity contribution in [1.82, 2.24) is 0 Å². The fourth-order valence-electron chi connectivity index (χ4n) is 4.01. The van der Waals surface area contributed by atoms with Crippen molar-refractivity contribution in [1.29, 1.82) is 0 Å². The van der Waals surface area contributed by atoms with Crippen LogP contribution in [0.2, 0.25) is 0 Å². The highest BCUT2D eigenvalue weighted by molar-refractivity contribution is 7.99. The van der Waals surface area contributed by atoms with Crippen molar-refractivity contribution in [2.24, 2.45) is 11.3 Å². The number of hydrogen-bond acceptors (Lipinski definition) is 3. The summed E-state index contributed by atoms with van der Waals surface area (Å²) in [5.74, 6) is 1.09. The monoisotopic (exact) mass is 290 g/mol. The summed E-state index contributed by atoms with van der Waals surface area (Å²) in [6.45, 7) is 6.82. The molecular formula is C17H22O2S. The molecule has 0 saturated heterocycles. The number of fused-ring (bicyclic) bond motifs is 3. The summed E-state index contributed by atoms with van der Waals surface area (Å²) >= 11 is 1.95. The van der Waals surface area contributed by atoms with E-state index in [1.54, 1.807) is 0 Å². The molecule has 2 aliphatic rings. The Bertz CT molecular complexity index is 568. The van der Waals surface area contributed by atoms with Crippen LogP contribution in [0.25, 0.3) is 0 Å². The quantitative estimate of drug-likeness (QED) is 0.733. The lowest BCUT2D eigenvalue weighted by Gasteiger charge is -2.46. The third-order valence-corrected chi connectivity index (χ3v) is 6.93. The standard InChI is InChI=1S/C17H22O2S/c1-11-5-6-13-14(7-11)20-10-16(2)8-12(15(18)19-4)9-17(13,16)3/h5-7,12H,8-10H2,1-4H3/t12?,16-,17+/m1/s1. The Morgan fingerprint density at radius 1 is 1.35 bits per heavy atom. The van der Waals surface area contributed by atoms with Crippen LogP contribution in [0.4, 0.5) is 0 Å². The number of benzene rings is 1. The summed E-state index contributed by atoms with van der Waals surface area (Å²) in [6, 6.07) is 6.76. The molecule has 0 bridgehead atoms. The number of rotatable bonds is 1. The van der Waals surface area contributed by atoms with Gasteiger partial charge in [-0.1, -0.05) is 26.0 Å². The molecule has 1 aliphatic carbocycles. The molecule has 2 nitrogen and oxygen atoms in total. The highest BCUT2D eigenvalue weighted by atomic mass is 32.2. The van der Waals surface area contributed by atoms with E-state index in [2.05, 4.69) is 39.0 Å². The first kappa shape index (κ1) is 14.0. The maximum atomic E-state index is 12.0. The van der Waals surface area contributed by atoms with Crippen molar-refractivity contribution in [3.8, 4) is 0 Å². The molecule has 0 aromatic heterocycles. The number of carbonyl (C=O) groups excluding carboxylic acids is 1. The van der Waals surface area contributed by atoms with E-state index in [0.717, 1.165) is 18.6 Å². The van der Waals surface area contributed by atoms with Crippen molar-refractivity contribution in [3.05, 3.63) is 29.3 Å². The molecule has 1 aromatic rings. The van der Waals surface area contributed by atoms with Crippen molar-refractivity contribution in [2.75, 3.05) is 12.9 Å². The van der Waals surface area contributed by atoms with Gasteiger partial charge in [0.1, 0.15) is 0 Å². The van der Waals surface area contributed by atoms with Crippen LogP contribution in [0.15, 0.2) is 23.1 Å². The Labute approximate surface area is 125 Å². The van der Waals surface area contributed by atoms with Gasteiger partial charge in [0.2, 0.25) is 0 Å². The molecule has 3 heteroatoms. The maximum absolute atomic E-state index is 12.0. The molecule has 0 spiro atoms. The molecular weight excluding hydrogens is 268 g/mol. The predicted molar refractivity (Wildman–Crippen MR) is 82.1 cm³/mol. The van der Waals surface area contributed by atoms with E-state index < -0.39 is 0 Å². The molecule has 1 unspecified atom stereocenters. The lowest BCUT2D eigenvalue weighted by atomic mass is 9.65. The minimum atomic E-state index is -0.0412. The van der Waals surface area contributed by atoms with E-state index in [1.165, 1.54) is 23.1 Å². The van der Waals surface area contributed by atoms with Gasteiger partial charge in [0.05, 0.1) is 13.0 Å². The lowest BCUT2D eigenvalue weighted by Crippen LogP contribution is -2.41. The summed E-state index contributed by atoms with van der Waals surface area (Å²) in [6.07, 6.45) is 1.85. The van der Waals surface area contributed by atoms with Gasteiger partial charge in [-0.15, -0.1) is 11.8 Å². The normalized spacial score (nSPS) is 35.3. The van der Waals surface area contributed by atoms with Crippen LogP contribution < -0.4 is 0 Å². The minimum Gasteiger partial charge on any atom is -0.469 e. The summed E-state index contributed by atoms with van der Waals surface area (Å²) in [5, 5.41) is 0. The van der Waals surface area contributed by atoms with Crippen molar-refractivity contribution in [2.45, 2.75) is 43.9 Å². The molecule has 20 heavy (non-hydrogen) atoms. The first-order chi connectivity index (χ1) is 9.39. The van der Waals surface area contributed by atoms with Crippen LogP contribution >= 0.6 is 11.8 Å². The average Bonchev–Trinajstić information content (AvgIpc) is 2.70. The minimum absolute atomic E-state index is 0.0412. The van der Waals surface area contributed by atoms with Crippen LogP contribution in [-0.2, 0) is 14.9 Å². The van der Waals surface area contributed by atoms with Crippen molar-refractivity contribution < 1.29 is 9.53 Å². The summed E-state index contributed by atoms with van der Waals surface area (Å²) in [4.78, 5) is 13.4. The zero-order chi connectivity index (χ0) is 14.5. The second kappa shape index (κ2) is 4.52. The van der Waals surface area contributed by atoms with Gasteiger partial charge in [0, 0.05) is 16.1 Å². The van der Waals surface area contributed by atoms with E-state index in [1.807, 2.05) is 11.8 Å². The number of thioether (sulfide) groups is 1. The molecule has 108 valence electrons.